The van der Waals surface area contributed by atoms with Crippen LogP contribution >= 0.6 is 0 Å². The monoisotopic (exact) mass is 222 g/mol. The average Bonchev–Trinajstić information content (AvgIpc) is 2.02. The molecule has 7 heteroatoms. The molecule has 1 atom stereocenters. The summed E-state index contributed by atoms with van der Waals surface area (Å²) in [7, 11) is -3.64. The smallest absolute Gasteiger partial charge is 0.320 e. The van der Waals surface area contributed by atoms with Gasteiger partial charge in [-0.1, -0.05) is 0 Å². The molecule has 2 N–H and O–H groups in total. The molecule has 1 saturated heterocycles. The van der Waals surface area contributed by atoms with Gasteiger partial charge >= 0.3 is 5.97 Å². The van der Waals surface area contributed by atoms with E-state index in [2.05, 4.69) is 5.32 Å². The summed E-state index contributed by atoms with van der Waals surface area (Å²) in [4.78, 5) is 10.3. The normalized spacial score (nSPS) is 24.8. The molecular formula is C7H14N2O4S. The fraction of sp³-hybridized carbons (Fsp3) is 0.857. The molecule has 1 fully saturated rings. The molecule has 14 heavy (non-hydrogen) atoms. The molecule has 0 bridgehead atoms. The lowest BCUT2D eigenvalue weighted by atomic mass is 10.3. The summed E-state index contributed by atoms with van der Waals surface area (Å²) in [5, 5.41) is 11.5. The van der Waals surface area contributed by atoms with E-state index in [1.54, 1.807) is 6.92 Å². The number of carbonyl (C=O) groups is 1. The van der Waals surface area contributed by atoms with Gasteiger partial charge in [-0.2, -0.15) is 4.31 Å². The fourth-order valence-corrected chi connectivity index (χ4v) is 2.94. The quantitative estimate of drug-likeness (QED) is 0.619. The summed E-state index contributed by atoms with van der Waals surface area (Å²) in [6, 6.07) is -0.173. The first-order valence-electron chi connectivity index (χ1n) is 4.35. The Labute approximate surface area is 82.9 Å². The number of hydrogen-bond donors (Lipinski definition) is 2. The van der Waals surface area contributed by atoms with Gasteiger partial charge in [0.1, 0.15) is 0 Å². The highest BCUT2D eigenvalue weighted by Crippen LogP contribution is 2.09. The Hall–Kier alpha value is -0.660. The molecule has 0 unspecified atom stereocenters. The van der Waals surface area contributed by atoms with Crippen molar-refractivity contribution < 1.29 is 18.3 Å². The van der Waals surface area contributed by atoms with Crippen LogP contribution < -0.4 is 5.32 Å². The molecular weight excluding hydrogens is 208 g/mol. The van der Waals surface area contributed by atoms with E-state index in [-0.39, 0.29) is 6.04 Å². The van der Waals surface area contributed by atoms with E-state index in [9.17, 15) is 13.2 Å². The van der Waals surface area contributed by atoms with Gasteiger partial charge in [-0.3, -0.25) is 4.79 Å². The van der Waals surface area contributed by atoms with Crippen molar-refractivity contribution in [3.8, 4) is 0 Å². The topological polar surface area (TPSA) is 86.7 Å². The molecule has 0 amide bonds. The van der Waals surface area contributed by atoms with Crippen LogP contribution in [-0.4, -0.2) is 55.2 Å². The maximum absolute atomic E-state index is 11.5. The van der Waals surface area contributed by atoms with Crippen molar-refractivity contribution in [3.63, 3.8) is 0 Å². The molecule has 0 aromatic rings. The van der Waals surface area contributed by atoms with Gasteiger partial charge in [0.15, 0.2) is 5.75 Å². The largest absolute Gasteiger partial charge is 0.480 e. The lowest BCUT2D eigenvalue weighted by molar-refractivity contribution is -0.134. The van der Waals surface area contributed by atoms with Crippen molar-refractivity contribution in [1.29, 1.82) is 0 Å². The number of sulfonamides is 1. The number of nitrogens with one attached hydrogen (secondary N) is 1. The van der Waals surface area contributed by atoms with E-state index in [1.165, 1.54) is 4.31 Å². The van der Waals surface area contributed by atoms with E-state index in [1.807, 2.05) is 0 Å². The Kier molecular flexibility index (Phi) is 3.46. The van der Waals surface area contributed by atoms with E-state index < -0.39 is 21.7 Å². The number of piperazine rings is 1. The van der Waals surface area contributed by atoms with E-state index in [0.29, 0.717) is 19.6 Å². The number of aliphatic carboxylic acids is 1. The summed E-state index contributed by atoms with van der Waals surface area (Å²) in [6.07, 6.45) is 0. The zero-order valence-corrected chi connectivity index (χ0v) is 8.75. The fourth-order valence-electron chi connectivity index (χ4n) is 1.47. The van der Waals surface area contributed by atoms with E-state index in [4.69, 9.17) is 5.11 Å². The van der Waals surface area contributed by atoms with E-state index in [0.717, 1.165) is 0 Å². The molecule has 0 spiro atoms. The lowest BCUT2D eigenvalue weighted by Crippen LogP contribution is -2.53. The van der Waals surface area contributed by atoms with Crippen molar-refractivity contribution in [2.24, 2.45) is 0 Å². The predicted molar refractivity (Wildman–Crippen MR) is 50.5 cm³/mol. The average molecular weight is 222 g/mol. The zero-order valence-electron chi connectivity index (χ0n) is 7.93. The van der Waals surface area contributed by atoms with Crippen LogP contribution in [0, 0.1) is 0 Å². The molecule has 1 aliphatic heterocycles. The lowest BCUT2D eigenvalue weighted by Gasteiger charge is -2.32. The number of nitrogens with zero attached hydrogens (tertiary/aromatic N) is 1. The summed E-state index contributed by atoms with van der Waals surface area (Å²) in [5.74, 6) is -2.13. The summed E-state index contributed by atoms with van der Waals surface area (Å²) in [6.45, 7) is 3.24. The Morgan fingerprint density at radius 1 is 1.64 bits per heavy atom. The summed E-state index contributed by atoms with van der Waals surface area (Å²) < 4.78 is 24.3. The molecule has 0 saturated carbocycles. The van der Waals surface area contributed by atoms with Crippen LogP contribution in [0.2, 0.25) is 0 Å². The molecule has 0 aliphatic carbocycles. The number of hydrogen-bond acceptors (Lipinski definition) is 4. The molecule has 0 aromatic carbocycles. The number of rotatable bonds is 3. The molecule has 1 rings (SSSR count). The molecule has 6 nitrogen and oxygen atoms in total. The third-order valence-corrected chi connectivity index (χ3v) is 3.97. The number of carboxylic acid groups (broad SMARTS) is 1. The van der Waals surface area contributed by atoms with Gasteiger partial charge in [-0.05, 0) is 6.92 Å². The highest BCUT2D eigenvalue weighted by atomic mass is 32.2. The van der Waals surface area contributed by atoms with Crippen LogP contribution in [0.5, 0.6) is 0 Å². The van der Waals surface area contributed by atoms with Gasteiger partial charge in [0, 0.05) is 25.7 Å². The molecule has 1 heterocycles. The minimum Gasteiger partial charge on any atom is -0.480 e. The van der Waals surface area contributed by atoms with Crippen molar-refractivity contribution in [1.82, 2.24) is 9.62 Å². The van der Waals surface area contributed by atoms with Crippen LogP contribution in [0.3, 0.4) is 0 Å². The Morgan fingerprint density at radius 3 is 2.79 bits per heavy atom. The first kappa shape index (κ1) is 11.4. The molecule has 0 aromatic heterocycles. The molecule has 0 radical (unpaired) electrons. The van der Waals surface area contributed by atoms with Crippen LogP contribution in [0.25, 0.3) is 0 Å². The first-order chi connectivity index (χ1) is 6.43. The molecule has 1 aliphatic rings. The van der Waals surface area contributed by atoms with Gasteiger partial charge in [-0.15, -0.1) is 0 Å². The predicted octanol–water partition coefficient (Wildman–Crippen LogP) is -1.31. The van der Waals surface area contributed by atoms with Crippen molar-refractivity contribution in [2.45, 2.75) is 13.0 Å². The van der Waals surface area contributed by atoms with Gasteiger partial charge in [0.25, 0.3) is 0 Å². The van der Waals surface area contributed by atoms with Gasteiger partial charge in [-0.25, -0.2) is 8.42 Å². The highest BCUT2D eigenvalue weighted by molar-refractivity contribution is 7.89. The van der Waals surface area contributed by atoms with Gasteiger partial charge < -0.3 is 10.4 Å². The highest BCUT2D eigenvalue weighted by Gasteiger charge is 2.30. The van der Waals surface area contributed by atoms with Crippen molar-refractivity contribution >= 4 is 16.0 Å². The minimum atomic E-state index is -3.64. The SMILES string of the molecule is C[C@H]1CNCCN1S(=O)(=O)CC(=O)O. The van der Waals surface area contributed by atoms with Crippen LogP contribution in [0.15, 0.2) is 0 Å². The third kappa shape index (κ3) is 2.66. The maximum atomic E-state index is 11.5. The Morgan fingerprint density at radius 2 is 2.29 bits per heavy atom. The Bertz CT molecular complexity index is 314. The van der Waals surface area contributed by atoms with Gasteiger partial charge in [0.2, 0.25) is 10.0 Å². The van der Waals surface area contributed by atoms with Crippen LogP contribution in [0.4, 0.5) is 0 Å². The molecule has 82 valence electrons. The van der Waals surface area contributed by atoms with Crippen molar-refractivity contribution in [3.05, 3.63) is 0 Å². The third-order valence-electron chi connectivity index (χ3n) is 2.10. The van der Waals surface area contributed by atoms with Crippen LogP contribution in [-0.2, 0) is 14.8 Å². The zero-order chi connectivity index (χ0) is 10.8. The summed E-state index contributed by atoms with van der Waals surface area (Å²) >= 11 is 0. The second kappa shape index (κ2) is 4.24. The second-order valence-electron chi connectivity index (χ2n) is 3.31. The van der Waals surface area contributed by atoms with E-state index >= 15 is 0 Å². The summed E-state index contributed by atoms with van der Waals surface area (Å²) in [5.41, 5.74) is 0. The van der Waals surface area contributed by atoms with Crippen molar-refractivity contribution in [2.75, 3.05) is 25.4 Å². The van der Waals surface area contributed by atoms with Gasteiger partial charge in [0.05, 0.1) is 0 Å². The second-order valence-corrected chi connectivity index (χ2v) is 5.24. The minimum absolute atomic E-state index is 0.173. The standard InChI is InChI=1S/C7H14N2O4S/c1-6-4-8-2-3-9(6)14(12,13)5-7(10)11/h6,8H,2-5H2,1H3,(H,10,11)/t6-/m0/s1. The Balaban J connectivity index is 2.75. The first-order valence-corrected chi connectivity index (χ1v) is 5.96. The maximum Gasteiger partial charge on any atom is 0.320 e. The van der Waals surface area contributed by atoms with Crippen LogP contribution in [0.1, 0.15) is 6.92 Å². The number of carboxylic acids is 1.